The van der Waals surface area contributed by atoms with E-state index in [9.17, 15) is 13.2 Å². The number of rotatable bonds is 8. The molecule has 6 nitrogen and oxygen atoms in total. The van der Waals surface area contributed by atoms with E-state index in [1.165, 1.54) is 24.8 Å². The Balaban J connectivity index is 1.57. The predicted octanol–water partition coefficient (Wildman–Crippen LogP) is 4.05. The number of hydrogen-bond donors (Lipinski definition) is 1. The fourth-order valence-electron chi connectivity index (χ4n) is 4.05. The summed E-state index contributed by atoms with van der Waals surface area (Å²) in [5, 5.41) is 2.85. The van der Waals surface area contributed by atoms with E-state index >= 15 is 0 Å². The molecule has 1 fully saturated rings. The molecule has 0 aromatic heterocycles. The molecule has 0 atom stereocenters. The zero-order chi connectivity index (χ0) is 24.1. The molecule has 1 N–H and O–H groups in total. The Morgan fingerprint density at radius 2 is 1.52 bits per heavy atom. The lowest BCUT2D eigenvalue weighted by molar-refractivity contribution is -0.119. The Bertz CT molecular complexity index is 1020. The summed E-state index contributed by atoms with van der Waals surface area (Å²) in [6, 6.07) is 15.6. The van der Waals surface area contributed by atoms with E-state index in [1.807, 2.05) is 24.3 Å². The Hall–Kier alpha value is -2.38. The Labute approximate surface area is 199 Å². The van der Waals surface area contributed by atoms with E-state index in [4.69, 9.17) is 0 Å². The van der Waals surface area contributed by atoms with Gasteiger partial charge >= 0.3 is 0 Å². The van der Waals surface area contributed by atoms with Crippen molar-refractivity contribution in [1.29, 1.82) is 0 Å². The molecule has 3 rings (SSSR count). The molecule has 7 heteroatoms. The average molecular weight is 472 g/mol. The number of carbonyl (C=O) groups is 1. The maximum absolute atomic E-state index is 12.6. The topological polar surface area (TPSA) is 69.7 Å². The zero-order valence-corrected chi connectivity index (χ0v) is 21.1. The van der Waals surface area contributed by atoms with Crippen molar-refractivity contribution >= 4 is 21.6 Å². The molecule has 33 heavy (non-hydrogen) atoms. The van der Waals surface area contributed by atoms with Crippen molar-refractivity contribution in [1.82, 2.24) is 10.2 Å². The second-order valence-electron chi connectivity index (χ2n) is 10.00. The molecule has 0 spiro atoms. The van der Waals surface area contributed by atoms with Gasteiger partial charge in [-0.05, 0) is 60.2 Å². The van der Waals surface area contributed by atoms with Crippen LogP contribution in [0, 0.1) is 0 Å². The Morgan fingerprint density at radius 3 is 2.06 bits per heavy atom. The van der Waals surface area contributed by atoms with Gasteiger partial charge in [0.15, 0.2) is 0 Å². The molecule has 1 aliphatic heterocycles. The summed E-state index contributed by atoms with van der Waals surface area (Å²) >= 11 is 0. The van der Waals surface area contributed by atoms with Gasteiger partial charge in [-0.25, -0.2) is 8.42 Å². The minimum absolute atomic E-state index is 0.0326. The van der Waals surface area contributed by atoms with Crippen LogP contribution in [0.1, 0.15) is 56.7 Å². The van der Waals surface area contributed by atoms with Crippen molar-refractivity contribution in [2.24, 2.45) is 0 Å². The summed E-state index contributed by atoms with van der Waals surface area (Å²) in [4.78, 5) is 15.1. The summed E-state index contributed by atoms with van der Waals surface area (Å²) in [5.74, 6) is -0.335. The fourth-order valence-corrected chi connectivity index (χ4v) is 4.91. The van der Waals surface area contributed by atoms with Crippen LogP contribution in [0.2, 0.25) is 0 Å². The smallest absolute Gasteiger partial charge is 0.241 e. The summed E-state index contributed by atoms with van der Waals surface area (Å²) in [6.07, 6.45) is 5.00. The number of anilines is 1. The maximum atomic E-state index is 12.6. The largest absolute Gasteiger partial charge is 0.350 e. The SMILES string of the molecule is CC(C)(C)c1ccc(N(CC(=O)NCc2ccc(CN3CCCCC3)cc2)S(C)(=O)=O)cc1. The Kier molecular flexibility index (Phi) is 8.19. The van der Waals surface area contributed by atoms with Gasteiger partial charge in [0.2, 0.25) is 15.9 Å². The number of sulfonamides is 1. The molecule has 0 bridgehead atoms. The molecular formula is C26H37N3O3S. The van der Waals surface area contributed by atoms with Crippen LogP contribution in [-0.4, -0.2) is 45.1 Å². The molecule has 1 saturated heterocycles. The van der Waals surface area contributed by atoms with Gasteiger partial charge in [0.1, 0.15) is 6.54 Å². The molecule has 1 amide bonds. The van der Waals surface area contributed by atoms with Gasteiger partial charge in [0, 0.05) is 13.1 Å². The molecule has 0 saturated carbocycles. The highest BCUT2D eigenvalue weighted by molar-refractivity contribution is 7.92. The van der Waals surface area contributed by atoms with E-state index in [1.54, 1.807) is 12.1 Å². The molecule has 1 aliphatic rings. The summed E-state index contributed by atoms with van der Waals surface area (Å²) in [7, 11) is -3.60. The van der Waals surface area contributed by atoms with Crippen molar-refractivity contribution in [3.8, 4) is 0 Å². The van der Waals surface area contributed by atoms with Crippen molar-refractivity contribution in [2.45, 2.75) is 58.5 Å². The average Bonchev–Trinajstić information content (AvgIpc) is 2.76. The molecule has 2 aromatic rings. The van der Waals surface area contributed by atoms with Crippen LogP contribution in [0.25, 0.3) is 0 Å². The molecule has 180 valence electrons. The van der Waals surface area contributed by atoms with Crippen molar-refractivity contribution in [2.75, 3.05) is 30.2 Å². The van der Waals surface area contributed by atoms with Crippen molar-refractivity contribution < 1.29 is 13.2 Å². The van der Waals surface area contributed by atoms with Gasteiger partial charge in [-0.2, -0.15) is 0 Å². The lowest BCUT2D eigenvalue weighted by Gasteiger charge is -2.26. The van der Waals surface area contributed by atoms with Crippen molar-refractivity contribution in [3.63, 3.8) is 0 Å². The number of carbonyl (C=O) groups excluding carboxylic acids is 1. The normalized spacial score (nSPS) is 15.3. The van der Waals surface area contributed by atoms with Gasteiger partial charge in [-0.1, -0.05) is 63.6 Å². The van der Waals surface area contributed by atoms with Crippen molar-refractivity contribution in [3.05, 3.63) is 65.2 Å². The molecular weight excluding hydrogens is 434 g/mol. The molecule has 0 radical (unpaired) electrons. The van der Waals surface area contributed by atoms with Crippen LogP contribution < -0.4 is 9.62 Å². The summed E-state index contributed by atoms with van der Waals surface area (Å²) in [5.41, 5.74) is 3.82. The molecule has 0 unspecified atom stereocenters. The molecule has 1 heterocycles. The van der Waals surface area contributed by atoms with Crippen LogP contribution in [0.15, 0.2) is 48.5 Å². The quantitative estimate of drug-likeness (QED) is 0.631. The highest BCUT2D eigenvalue weighted by Gasteiger charge is 2.22. The van der Waals surface area contributed by atoms with Crippen LogP contribution in [0.4, 0.5) is 5.69 Å². The third-order valence-electron chi connectivity index (χ3n) is 6.08. The maximum Gasteiger partial charge on any atom is 0.241 e. The van der Waals surface area contributed by atoms with E-state index in [-0.39, 0.29) is 17.9 Å². The minimum Gasteiger partial charge on any atom is -0.350 e. The van der Waals surface area contributed by atoms with Crippen LogP contribution >= 0.6 is 0 Å². The summed E-state index contributed by atoms with van der Waals surface area (Å²) < 4.78 is 25.9. The third-order valence-corrected chi connectivity index (χ3v) is 7.22. The Morgan fingerprint density at radius 1 is 0.939 bits per heavy atom. The van der Waals surface area contributed by atoms with Gasteiger partial charge in [0.05, 0.1) is 11.9 Å². The van der Waals surface area contributed by atoms with Crippen LogP contribution in [0.5, 0.6) is 0 Å². The van der Waals surface area contributed by atoms with Gasteiger partial charge in [-0.3, -0.25) is 14.0 Å². The number of piperidine rings is 1. The first kappa shape index (κ1) is 25.2. The van der Waals surface area contributed by atoms with Gasteiger partial charge in [0.25, 0.3) is 0 Å². The molecule has 0 aliphatic carbocycles. The predicted molar refractivity (Wildman–Crippen MR) is 135 cm³/mol. The number of nitrogens with one attached hydrogen (secondary N) is 1. The number of likely N-dealkylation sites (tertiary alicyclic amines) is 1. The fraction of sp³-hybridized carbons (Fsp3) is 0.500. The first-order valence-corrected chi connectivity index (χ1v) is 13.5. The molecule has 2 aromatic carbocycles. The third kappa shape index (κ3) is 7.57. The minimum atomic E-state index is -3.60. The monoisotopic (exact) mass is 471 g/mol. The van der Waals surface area contributed by atoms with E-state index in [0.29, 0.717) is 12.2 Å². The standard InChI is InChI=1S/C26H37N3O3S/c1-26(2,3)23-12-14-24(15-13-23)29(33(4,31)32)20-25(30)27-18-21-8-10-22(11-9-21)19-28-16-6-5-7-17-28/h8-15H,5-7,16-20H2,1-4H3,(H,27,30). The first-order valence-electron chi connectivity index (χ1n) is 11.7. The van der Waals surface area contributed by atoms with E-state index in [0.717, 1.165) is 41.3 Å². The van der Waals surface area contributed by atoms with Crippen LogP contribution in [0.3, 0.4) is 0 Å². The second-order valence-corrected chi connectivity index (χ2v) is 11.9. The summed E-state index contributed by atoms with van der Waals surface area (Å²) in [6.45, 7) is 9.70. The van der Waals surface area contributed by atoms with E-state index < -0.39 is 10.0 Å². The first-order chi connectivity index (χ1) is 15.5. The highest BCUT2D eigenvalue weighted by atomic mass is 32.2. The number of nitrogens with zero attached hydrogens (tertiary/aromatic N) is 2. The number of benzene rings is 2. The van der Waals surface area contributed by atoms with Gasteiger partial charge in [-0.15, -0.1) is 0 Å². The van der Waals surface area contributed by atoms with E-state index in [2.05, 4.69) is 43.1 Å². The second kappa shape index (κ2) is 10.7. The number of amides is 1. The number of hydrogen-bond acceptors (Lipinski definition) is 4. The lowest BCUT2D eigenvalue weighted by atomic mass is 9.87. The lowest BCUT2D eigenvalue weighted by Crippen LogP contribution is -2.40. The highest BCUT2D eigenvalue weighted by Crippen LogP contribution is 2.26. The zero-order valence-electron chi connectivity index (χ0n) is 20.3. The van der Waals surface area contributed by atoms with Crippen LogP contribution in [-0.2, 0) is 33.3 Å². The van der Waals surface area contributed by atoms with Gasteiger partial charge < -0.3 is 5.32 Å².